The maximum absolute atomic E-state index is 11.1. The van der Waals surface area contributed by atoms with Gasteiger partial charge in [-0.15, -0.1) is 0 Å². The molecule has 0 aliphatic heterocycles. The molecule has 0 amide bonds. The summed E-state index contributed by atoms with van der Waals surface area (Å²) in [4.78, 5) is 11.1. The molecular formula is C15H23NO3. The number of aromatic carboxylic acids is 1. The van der Waals surface area contributed by atoms with Crippen LogP contribution in [0.5, 0.6) is 0 Å². The van der Waals surface area contributed by atoms with Gasteiger partial charge in [0.2, 0.25) is 0 Å². The maximum Gasteiger partial charge on any atom is 0.337 e. The van der Waals surface area contributed by atoms with Crippen LogP contribution in [0.2, 0.25) is 0 Å². The van der Waals surface area contributed by atoms with Gasteiger partial charge in [0.1, 0.15) is 0 Å². The largest absolute Gasteiger partial charge is 0.478 e. The molecule has 0 radical (unpaired) electrons. The minimum atomic E-state index is -0.898. The Morgan fingerprint density at radius 2 is 2.11 bits per heavy atom. The molecule has 0 bridgehead atoms. The molecule has 4 nitrogen and oxygen atoms in total. The van der Waals surface area contributed by atoms with E-state index in [2.05, 4.69) is 5.32 Å². The lowest BCUT2D eigenvalue weighted by Gasteiger charge is -2.11. The molecule has 1 aromatic carbocycles. The van der Waals surface area contributed by atoms with Crippen LogP contribution in [0.1, 0.15) is 42.6 Å². The summed E-state index contributed by atoms with van der Waals surface area (Å²) in [7, 11) is 0. The number of rotatable bonds is 8. The average Bonchev–Trinajstić information content (AvgIpc) is 2.33. The third-order valence-corrected chi connectivity index (χ3v) is 2.74. The first-order valence-corrected chi connectivity index (χ1v) is 6.70. The molecule has 2 N–H and O–H groups in total. The topological polar surface area (TPSA) is 58.6 Å². The van der Waals surface area contributed by atoms with Crippen molar-refractivity contribution in [2.45, 2.75) is 39.7 Å². The van der Waals surface area contributed by atoms with Crippen molar-refractivity contribution in [3.05, 3.63) is 29.3 Å². The Kier molecular flexibility index (Phi) is 6.36. The summed E-state index contributed by atoms with van der Waals surface area (Å²) in [6, 6.07) is 5.32. The molecule has 0 spiro atoms. The number of anilines is 1. The van der Waals surface area contributed by atoms with E-state index in [9.17, 15) is 4.79 Å². The molecule has 19 heavy (non-hydrogen) atoms. The van der Waals surface area contributed by atoms with Gasteiger partial charge in [0, 0.05) is 18.8 Å². The van der Waals surface area contributed by atoms with Gasteiger partial charge < -0.3 is 15.2 Å². The highest BCUT2D eigenvalue weighted by Gasteiger charge is 2.09. The number of carboxylic acid groups (broad SMARTS) is 1. The van der Waals surface area contributed by atoms with E-state index in [1.807, 2.05) is 32.9 Å². The first-order valence-electron chi connectivity index (χ1n) is 6.70. The number of nitrogens with one attached hydrogen (secondary N) is 1. The summed E-state index contributed by atoms with van der Waals surface area (Å²) < 4.78 is 5.45. The minimum absolute atomic E-state index is 0.267. The standard InChI is InChI=1S/C15H23NO3/c1-11(2)19-9-5-4-8-16-14-10-12(3)6-7-13(14)15(17)18/h6-7,10-11,16H,4-5,8-9H2,1-3H3,(H,17,18). The van der Waals surface area contributed by atoms with Crippen LogP contribution in [0.4, 0.5) is 5.69 Å². The second-order valence-electron chi connectivity index (χ2n) is 4.91. The van der Waals surface area contributed by atoms with Crippen molar-refractivity contribution < 1.29 is 14.6 Å². The molecule has 0 aliphatic carbocycles. The van der Waals surface area contributed by atoms with E-state index in [4.69, 9.17) is 9.84 Å². The normalized spacial score (nSPS) is 10.7. The van der Waals surface area contributed by atoms with Crippen LogP contribution in [0, 0.1) is 6.92 Å². The number of hydrogen-bond donors (Lipinski definition) is 2. The van der Waals surface area contributed by atoms with Crippen molar-refractivity contribution >= 4 is 11.7 Å². The Bertz CT molecular complexity index is 416. The van der Waals surface area contributed by atoms with Gasteiger partial charge in [-0.3, -0.25) is 0 Å². The highest BCUT2D eigenvalue weighted by molar-refractivity contribution is 5.94. The second-order valence-corrected chi connectivity index (χ2v) is 4.91. The van der Waals surface area contributed by atoms with E-state index in [-0.39, 0.29) is 6.10 Å². The summed E-state index contributed by atoms with van der Waals surface area (Å²) in [5, 5.41) is 12.3. The number of carboxylic acids is 1. The van der Waals surface area contributed by atoms with E-state index in [1.54, 1.807) is 6.07 Å². The van der Waals surface area contributed by atoms with Crippen LogP contribution < -0.4 is 5.32 Å². The van der Waals surface area contributed by atoms with Gasteiger partial charge in [0.25, 0.3) is 0 Å². The van der Waals surface area contributed by atoms with E-state index >= 15 is 0 Å². The lowest BCUT2D eigenvalue weighted by Crippen LogP contribution is -2.09. The van der Waals surface area contributed by atoms with Crippen molar-refractivity contribution in [1.29, 1.82) is 0 Å². The van der Waals surface area contributed by atoms with Crippen LogP contribution in [0.3, 0.4) is 0 Å². The lowest BCUT2D eigenvalue weighted by atomic mass is 10.1. The molecular weight excluding hydrogens is 242 g/mol. The third kappa shape index (κ3) is 5.75. The van der Waals surface area contributed by atoms with Crippen molar-refractivity contribution in [3.63, 3.8) is 0 Å². The molecule has 1 rings (SSSR count). The van der Waals surface area contributed by atoms with Crippen molar-refractivity contribution in [2.75, 3.05) is 18.5 Å². The predicted octanol–water partition coefficient (Wildman–Crippen LogP) is 3.31. The van der Waals surface area contributed by atoms with E-state index in [1.165, 1.54) is 0 Å². The molecule has 0 heterocycles. The van der Waals surface area contributed by atoms with Crippen LogP contribution >= 0.6 is 0 Å². The molecule has 0 atom stereocenters. The van der Waals surface area contributed by atoms with Gasteiger partial charge >= 0.3 is 5.97 Å². The number of carbonyl (C=O) groups is 1. The predicted molar refractivity (Wildman–Crippen MR) is 77.0 cm³/mol. The number of unbranched alkanes of at least 4 members (excludes halogenated alkanes) is 1. The first-order chi connectivity index (χ1) is 9.00. The highest BCUT2D eigenvalue weighted by Crippen LogP contribution is 2.17. The summed E-state index contributed by atoms with van der Waals surface area (Å²) in [5.41, 5.74) is 2.07. The van der Waals surface area contributed by atoms with Gasteiger partial charge in [-0.2, -0.15) is 0 Å². The van der Waals surface area contributed by atoms with Gasteiger partial charge in [-0.05, 0) is 51.3 Å². The second kappa shape index (κ2) is 7.79. The molecule has 106 valence electrons. The monoisotopic (exact) mass is 265 g/mol. The molecule has 0 unspecified atom stereocenters. The van der Waals surface area contributed by atoms with Crippen molar-refractivity contribution in [3.8, 4) is 0 Å². The van der Waals surface area contributed by atoms with Gasteiger partial charge in [-0.25, -0.2) is 4.79 Å². The lowest BCUT2D eigenvalue weighted by molar-refractivity contribution is 0.0697. The molecule has 4 heteroatoms. The van der Waals surface area contributed by atoms with Crippen LogP contribution in [0.15, 0.2) is 18.2 Å². The quantitative estimate of drug-likeness (QED) is 0.708. The van der Waals surface area contributed by atoms with Gasteiger partial charge in [0.15, 0.2) is 0 Å². The fraction of sp³-hybridized carbons (Fsp3) is 0.533. The SMILES string of the molecule is Cc1ccc(C(=O)O)c(NCCCCOC(C)C)c1. The van der Waals surface area contributed by atoms with Crippen LogP contribution in [-0.4, -0.2) is 30.3 Å². The first kappa shape index (κ1) is 15.5. The molecule has 0 aliphatic rings. The Hall–Kier alpha value is -1.55. The Morgan fingerprint density at radius 1 is 1.37 bits per heavy atom. The van der Waals surface area contributed by atoms with Crippen LogP contribution in [-0.2, 0) is 4.74 Å². The average molecular weight is 265 g/mol. The van der Waals surface area contributed by atoms with Crippen LogP contribution in [0.25, 0.3) is 0 Å². The van der Waals surface area contributed by atoms with E-state index < -0.39 is 5.97 Å². The van der Waals surface area contributed by atoms with E-state index in [0.29, 0.717) is 11.3 Å². The minimum Gasteiger partial charge on any atom is -0.478 e. The Labute approximate surface area is 114 Å². The molecule has 1 aromatic rings. The maximum atomic E-state index is 11.1. The Morgan fingerprint density at radius 3 is 2.74 bits per heavy atom. The smallest absolute Gasteiger partial charge is 0.337 e. The molecule has 0 fully saturated rings. The summed E-state index contributed by atoms with van der Waals surface area (Å²) in [5.74, 6) is -0.898. The zero-order valence-corrected chi connectivity index (χ0v) is 11.9. The van der Waals surface area contributed by atoms with Crippen molar-refractivity contribution in [2.24, 2.45) is 0 Å². The zero-order chi connectivity index (χ0) is 14.3. The van der Waals surface area contributed by atoms with Crippen molar-refractivity contribution in [1.82, 2.24) is 0 Å². The summed E-state index contributed by atoms with van der Waals surface area (Å²) in [6.45, 7) is 7.49. The molecule has 0 aromatic heterocycles. The number of hydrogen-bond acceptors (Lipinski definition) is 3. The van der Waals surface area contributed by atoms with E-state index in [0.717, 1.165) is 31.6 Å². The fourth-order valence-corrected chi connectivity index (χ4v) is 1.76. The molecule has 0 saturated heterocycles. The summed E-state index contributed by atoms with van der Waals surface area (Å²) >= 11 is 0. The Balaban J connectivity index is 2.40. The fourth-order valence-electron chi connectivity index (χ4n) is 1.76. The summed E-state index contributed by atoms with van der Waals surface area (Å²) in [6.07, 6.45) is 2.20. The zero-order valence-electron chi connectivity index (χ0n) is 11.9. The number of benzene rings is 1. The van der Waals surface area contributed by atoms with Gasteiger partial charge in [0.05, 0.1) is 11.7 Å². The number of aryl methyl sites for hydroxylation is 1. The number of ether oxygens (including phenoxy) is 1. The highest BCUT2D eigenvalue weighted by atomic mass is 16.5. The van der Waals surface area contributed by atoms with Gasteiger partial charge in [-0.1, -0.05) is 6.07 Å². The third-order valence-electron chi connectivity index (χ3n) is 2.74. The molecule has 0 saturated carbocycles.